The van der Waals surface area contributed by atoms with E-state index in [2.05, 4.69) is 0 Å². The topological polar surface area (TPSA) is 66.4 Å². The summed E-state index contributed by atoms with van der Waals surface area (Å²) in [4.78, 5) is 0. The van der Waals surface area contributed by atoms with Gasteiger partial charge in [-0.15, -0.1) is 0 Å². The van der Waals surface area contributed by atoms with Gasteiger partial charge in [-0.25, -0.2) is 0 Å². The Morgan fingerprint density at radius 1 is 1.20 bits per heavy atom. The molecule has 0 bridgehead atoms. The maximum Gasteiger partial charge on any atom is 0.163 e. The highest BCUT2D eigenvalue weighted by Crippen LogP contribution is 2.29. The van der Waals surface area contributed by atoms with Crippen LogP contribution in [0.5, 0.6) is 0 Å². The Kier molecular flexibility index (Phi) is 6.37. The smallest absolute Gasteiger partial charge is 0.163 e. The van der Waals surface area contributed by atoms with Gasteiger partial charge in [-0.1, -0.05) is 0 Å². The van der Waals surface area contributed by atoms with E-state index >= 15 is 0 Å². The zero-order valence-electron chi connectivity index (χ0n) is 13.3. The fourth-order valence-corrected chi connectivity index (χ4v) is 1.92. The molecule has 120 valence electrons. The van der Waals surface area contributed by atoms with Crippen molar-refractivity contribution < 1.29 is 28.8 Å². The number of aliphatic hydroxyl groups excluding tert-OH is 1. The maximum absolute atomic E-state index is 9.56. The normalized spacial score (nSPS) is 32.9. The van der Waals surface area contributed by atoms with Gasteiger partial charge in [-0.05, 0) is 34.1 Å². The molecule has 2 rings (SSSR count). The van der Waals surface area contributed by atoms with Gasteiger partial charge in [0.1, 0.15) is 12.2 Å². The quantitative estimate of drug-likeness (QED) is 0.791. The fraction of sp³-hybridized carbons (Fsp3) is 1.00. The Labute approximate surface area is 121 Å². The van der Waals surface area contributed by atoms with Crippen LogP contribution in [0.15, 0.2) is 0 Å². The van der Waals surface area contributed by atoms with Crippen molar-refractivity contribution in [2.24, 2.45) is 0 Å². The summed E-state index contributed by atoms with van der Waals surface area (Å²) in [6, 6.07) is 0. The lowest BCUT2D eigenvalue weighted by Crippen LogP contribution is -2.37. The molecule has 0 aliphatic carbocycles. The summed E-state index contributed by atoms with van der Waals surface area (Å²) < 4.78 is 26.1. The van der Waals surface area contributed by atoms with Crippen LogP contribution in [-0.2, 0) is 23.7 Å². The van der Waals surface area contributed by atoms with E-state index in [-0.39, 0.29) is 12.2 Å². The molecule has 0 amide bonds. The molecule has 2 fully saturated rings. The maximum atomic E-state index is 9.56. The van der Waals surface area contributed by atoms with Gasteiger partial charge in [0.05, 0.1) is 12.7 Å². The molecule has 0 saturated carbocycles. The van der Waals surface area contributed by atoms with Crippen LogP contribution in [0.3, 0.4) is 0 Å². The van der Waals surface area contributed by atoms with Gasteiger partial charge in [0.2, 0.25) is 0 Å². The highest BCUT2D eigenvalue weighted by atomic mass is 16.8. The highest BCUT2D eigenvalue weighted by molar-refractivity contribution is 4.86. The van der Waals surface area contributed by atoms with Gasteiger partial charge in [0.15, 0.2) is 11.6 Å². The molecule has 6 nitrogen and oxygen atoms in total. The third kappa shape index (κ3) is 5.27. The Hall–Kier alpha value is -0.240. The van der Waals surface area contributed by atoms with Gasteiger partial charge in [-0.2, -0.15) is 0 Å². The van der Waals surface area contributed by atoms with Crippen LogP contribution in [0.25, 0.3) is 0 Å². The predicted molar refractivity (Wildman–Crippen MR) is 73.4 cm³/mol. The van der Waals surface area contributed by atoms with E-state index in [0.29, 0.717) is 19.6 Å². The van der Waals surface area contributed by atoms with Gasteiger partial charge in [0.25, 0.3) is 0 Å². The van der Waals surface area contributed by atoms with Gasteiger partial charge < -0.3 is 28.8 Å². The van der Waals surface area contributed by atoms with Crippen LogP contribution in [0.2, 0.25) is 0 Å². The second kappa shape index (κ2) is 7.15. The zero-order chi connectivity index (χ0) is 15.4. The first-order chi connectivity index (χ1) is 9.21. The molecule has 2 aliphatic heterocycles. The second-order valence-electron chi connectivity index (χ2n) is 5.87. The number of ether oxygens (including phenoxy) is 5. The van der Waals surface area contributed by atoms with Crippen molar-refractivity contribution in [1.82, 2.24) is 0 Å². The van der Waals surface area contributed by atoms with Crippen molar-refractivity contribution >= 4 is 0 Å². The average Bonchev–Trinajstić information content (AvgIpc) is 2.96. The molecule has 2 aliphatic rings. The fourth-order valence-electron chi connectivity index (χ4n) is 1.92. The first-order valence-corrected chi connectivity index (χ1v) is 6.92. The summed E-state index contributed by atoms with van der Waals surface area (Å²) in [5.74, 6) is -0.948. The van der Waals surface area contributed by atoms with Crippen molar-refractivity contribution in [3.8, 4) is 0 Å². The average molecular weight is 292 g/mol. The monoisotopic (exact) mass is 292 g/mol. The number of rotatable bonds is 3. The molecule has 1 N–H and O–H groups in total. The Morgan fingerprint density at radius 3 is 2.10 bits per heavy atom. The molecule has 0 aromatic rings. The molecular weight excluding hydrogens is 264 g/mol. The lowest BCUT2D eigenvalue weighted by atomic mass is 10.1. The Morgan fingerprint density at radius 2 is 1.80 bits per heavy atom. The van der Waals surface area contributed by atoms with Crippen molar-refractivity contribution in [2.75, 3.05) is 27.4 Å². The van der Waals surface area contributed by atoms with E-state index in [0.717, 1.165) is 0 Å². The van der Waals surface area contributed by atoms with Crippen molar-refractivity contribution in [3.05, 3.63) is 0 Å². The van der Waals surface area contributed by atoms with Crippen LogP contribution in [0.1, 0.15) is 34.1 Å². The van der Waals surface area contributed by atoms with Crippen LogP contribution in [0, 0.1) is 0 Å². The van der Waals surface area contributed by atoms with Crippen LogP contribution in [-0.4, -0.2) is 62.4 Å². The first-order valence-electron chi connectivity index (χ1n) is 6.92. The molecule has 0 spiro atoms. The number of hydrogen-bond donors (Lipinski definition) is 1. The number of aliphatic hydroxyl groups is 1. The lowest BCUT2D eigenvalue weighted by molar-refractivity contribution is -0.178. The standard InChI is InChI=1S/C9H16O4.C5H12O2/c1-9(2)12-5-7(13-9)8-6(10)3-4-11-8;1-5(2,6-3)7-4/h6-8,10H,3-5H2,1-2H3;1-4H3. The summed E-state index contributed by atoms with van der Waals surface area (Å²) >= 11 is 0. The molecule has 6 heteroatoms. The summed E-state index contributed by atoms with van der Waals surface area (Å²) in [5.41, 5.74) is 0. The minimum Gasteiger partial charge on any atom is -0.390 e. The van der Waals surface area contributed by atoms with Crippen LogP contribution < -0.4 is 0 Å². The van der Waals surface area contributed by atoms with Crippen LogP contribution >= 0.6 is 0 Å². The molecule has 0 radical (unpaired) electrons. The van der Waals surface area contributed by atoms with E-state index in [1.807, 2.05) is 27.7 Å². The minimum atomic E-state index is -0.531. The number of methoxy groups -OCH3 is 2. The van der Waals surface area contributed by atoms with E-state index in [4.69, 9.17) is 23.7 Å². The van der Waals surface area contributed by atoms with Crippen LogP contribution in [0.4, 0.5) is 0 Å². The molecule has 3 unspecified atom stereocenters. The van der Waals surface area contributed by atoms with Gasteiger partial charge in [-0.3, -0.25) is 0 Å². The summed E-state index contributed by atoms with van der Waals surface area (Å²) in [7, 11) is 3.23. The SMILES string of the molecule is CC1(C)OCC(C2OCCC2O)O1.COC(C)(C)OC. The van der Waals surface area contributed by atoms with Gasteiger partial charge in [0, 0.05) is 20.8 Å². The summed E-state index contributed by atoms with van der Waals surface area (Å²) in [5, 5.41) is 9.56. The molecule has 3 atom stereocenters. The molecule has 2 saturated heterocycles. The predicted octanol–water partition coefficient (Wildman–Crippen LogP) is 1.30. The van der Waals surface area contributed by atoms with E-state index in [1.165, 1.54) is 0 Å². The van der Waals surface area contributed by atoms with Crippen molar-refractivity contribution in [1.29, 1.82) is 0 Å². The Bertz CT molecular complexity index is 285. The van der Waals surface area contributed by atoms with E-state index < -0.39 is 17.7 Å². The third-order valence-electron chi connectivity index (χ3n) is 3.48. The van der Waals surface area contributed by atoms with Crippen molar-refractivity contribution in [2.45, 2.75) is 64.0 Å². The number of hydrogen-bond acceptors (Lipinski definition) is 6. The third-order valence-corrected chi connectivity index (χ3v) is 3.48. The minimum absolute atomic E-state index is 0.118. The van der Waals surface area contributed by atoms with Gasteiger partial charge >= 0.3 is 0 Å². The van der Waals surface area contributed by atoms with E-state index in [9.17, 15) is 5.11 Å². The molecule has 0 aromatic heterocycles. The highest BCUT2D eigenvalue weighted by Gasteiger charge is 2.42. The molecule has 20 heavy (non-hydrogen) atoms. The zero-order valence-corrected chi connectivity index (χ0v) is 13.3. The van der Waals surface area contributed by atoms with E-state index in [1.54, 1.807) is 14.2 Å². The first kappa shape index (κ1) is 17.8. The molecule has 0 aromatic carbocycles. The summed E-state index contributed by atoms with van der Waals surface area (Å²) in [6.45, 7) is 8.57. The largest absolute Gasteiger partial charge is 0.390 e. The summed E-state index contributed by atoms with van der Waals surface area (Å²) in [6.07, 6.45) is -0.0258. The van der Waals surface area contributed by atoms with Crippen molar-refractivity contribution in [3.63, 3.8) is 0 Å². The second-order valence-corrected chi connectivity index (χ2v) is 5.87. The Balaban J connectivity index is 0.000000246. The molecule has 2 heterocycles. The lowest BCUT2D eigenvalue weighted by Gasteiger charge is -2.22. The molecular formula is C14H28O6.